The van der Waals surface area contributed by atoms with Crippen LogP contribution in [0.25, 0.3) is 0 Å². The van der Waals surface area contributed by atoms with E-state index in [1.807, 2.05) is 25.1 Å². The van der Waals surface area contributed by atoms with E-state index in [1.54, 1.807) is 12.3 Å². The van der Waals surface area contributed by atoms with Crippen LogP contribution in [0.2, 0.25) is 0 Å². The SMILES string of the molecule is CN(C)[C@H](CNC(=O)[C@H]1CCCN1S(C)(=O)=O)c1ccco1. The molecule has 7 nitrogen and oxygen atoms in total. The van der Waals surface area contributed by atoms with E-state index in [9.17, 15) is 13.2 Å². The fraction of sp³-hybridized carbons (Fsp3) is 0.643. The Balaban J connectivity index is 1.99. The van der Waals surface area contributed by atoms with Gasteiger partial charge in [0.05, 0.1) is 18.6 Å². The van der Waals surface area contributed by atoms with Crippen molar-refractivity contribution in [3.05, 3.63) is 24.2 Å². The highest BCUT2D eigenvalue weighted by Crippen LogP contribution is 2.21. The van der Waals surface area contributed by atoms with Crippen molar-refractivity contribution in [3.63, 3.8) is 0 Å². The zero-order chi connectivity index (χ0) is 16.3. The second-order valence-corrected chi connectivity index (χ2v) is 7.71. The predicted octanol–water partition coefficient (Wildman–Crippen LogP) is 0.423. The number of likely N-dealkylation sites (N-methyl/N-ethyl adjacent to an activating group) is 1. The summed E-state index contributed by atoms with van der Waals surface area (Å²) in [4.78, 5) is 14.3. The maximum Gasteiger partial charge on any atom is 0.238 e. The highest BCUT2D eigenvalue weighted by Gasteiger charge is 2.36. The van der Waals surface area contributed by atoms with Gasteiger partial charge in [-0.2, -0.15) is 4.31 Å². The third kappa shape index (κ3) is 3.88. The van der Waals surface area contributed by atoms with E-state index in [4.69, 9.17) is 4.42 Å². The molecule has 1 amide bonds. The Hall–Kier alpha value is -1.38. The van der Waals surface area contributed by atoms with Crippen molar-refractivity contribution in [3.8, 4) is 0 Å². The van der Waals surface area contributed by atoms with Gasteiger partial charge in [-0.05, 0) is 39.1 Å². The Kier molecular flexibility index (Phi) is 5.25. The second kappa shape index (κ2) is 6.80. The molecular formula is C14H23N3O4S. The van der Waals surface area contributed by atoms with Gasteiger partial charge in [0.25, 0.3) is 0 Å². The lowest BCUT2D eigenvalue weighted by Crippen LogP contribution is -2.47. The van der Waals surface area contributed by atoms with Crippen LogP contribution in [0.5, 0.6) is 0 Å². The minimum atomic E-state index is -3.35. The van der Waals surface area contributed by atoms with Gasteiger partial charge >= 0.3 is 0 Å². The Labute approximate surface area is 131 Å². The molecule has 1 aliphatic rings. The predicted molar refractivity (Wildman–Crippen MR) is 82.7 cm³/mol. The molecule has 8 heteroatoms. The number of carbonyl (C=O) groups is 1. The molecule has 0 radical (unpaired) electrons. The van der Waals surface area contributed by atoms with Crippen molar-refractivity contribution in [2.24, 2.45) is 0 Å². The molecule has 0 bridgehead atoms. The van der Waals surface area contributed by atoms with Gasteiger partial charge in [-0.25, -0.2) is 8.42 Å². The van der Waals surface area contributed by atoms with Crippen LogP contribution in [-0.4, -0.2) is 63.0 Å². The van der Waals surface area contributed by atoms with Crippen LogP contribution in [0.1, 0.15) is 24.6 Å². The Morgan fingerprint density at radius 1 is 1.55 bits per heavy atom. The van der Waals surface area contributed by atoms with E-state index in [0.717, 1.165) is 12.0 Å². The van der Waals surface area contributed by atoms with Gasteiger partial charge < -0.3 is 9.73 Å². The van der Waals surface area contributed by atoms with Crippen LogP contribution in [-0.2, 0) is 14.8 Å². The summed E-state index contributed by atoms with van der Waals surface area (Å²) in [5.74, 6) is 0.512. The molecule has 1 aliphatic heterocycles. The van der Waals surface area contributed by atoms with E-state index in [1.165, 1.54) is 4.31 Å². The Bertz CT molecular complexity index is 598. The molecule has 1 aromatic rings. The summed E-state index contributed by atoms with van der Waals surface area (Å²) in [6.45, 7) is 0.777. The minimum Gasteiger partial charge on any atom is -0.468 e. The fourth-order valence-corrected chi connectivity index (χ4v) is 3.86. The van der Waals surface area contributed by atoms with Gasteiger partial charge in [-0.3, -0.25) is 9.69 Å². The molecule has 1 N–H and O–H groups in total. The molecule has 2 atom stereocenters. The zero-order valence-corrected chi connectivity index (χ0v) is 14.0. The summed E-state index contributed by atoms with van der Waals surface area (Å²) in [6, 6.07) is 2.96. The second-order valence-electron chi connectivity index (χ2n) is 5.77. The number of furan rings is 1. The smallest absolute Gasteiger partial charge is 0.238 e. The first-order valence-electron chi connectivity index (χ1n) is 7.25. The molecule has 1 fully saturated rings. The first-order chi connectivity index (χ1) is 10.3. The van der Waals surface area contributed by atoms with E-state index >= 15 is 0 Å². The van der Waals surface area contributed by atoms with Crippen molar-refractivity contribution >= 4 is 15.9 Å². The van der Waals surface area contributed by atoms with Gasteiger partial charge in [-0.15, -0.1) is 0 Å². The average molecular weight is 329 g/mol. The Morgan fingerprint density at radius 2 is 2.27 bits per heavy atom. The van der Waals surface area contributed by atoms with Gasteiger partial charge in [0, 0.05) is 13.1 Å². The van der Waals surface area contributed by atoms with Crippen LogP contribution < -0.4 is 5.32 Å². The monoisotopic (exact) mass is 329 g/mol. The van der Waals surface area contributed by atoms with Crippen LogP contribution >= 0.6 is 0 Å². The maximum atomic E-state index is 12.3. The van der Waals surface area contributed by atoms with E-state index in [-0.39, 0.29) is 11.9 Å². The van der Waals surface area contributed by atoms with E-state index in [2.05, 4.69) is 5.32 Å². The van der Waals surface area contributed by atoms with Crippen LogP contribution in [0, 0.1) is 0 Å². The number of sulfonamides is 1. The van der Waals surface area contributed by atoms with Crippen LogP contribution in [0.4, 0.5) is 0 Å². The number of carbonyl (C=O) groups excluding carboxylic acids is 1. The third-order valence-electron chi connectivity index (χ3n) is 3.90. The summed E-state index contributed by atoms with van der Waals surface area (Å²) in [5, 5.41) is 2.85. The summed E-state index contributed by atoms with van der Waals surface area (Å²) in [5.41, 5.74) is 0. The number of nitrogens with one attached hydrogen (secondary N) is 1. The van der Waals surface area contributed by atoms with Gasteiger partial charge in [0.1, 0.15) is 11.8 Å². The van der Waals surface area contributed by atoms with Crippen LogP contribution in [0.3, 0.4) is 0 Å². The highest BCUT2D eigenvalue weighted by molar-refractivity contribution is 7.88. The van der Waals surface area contributed by atoms with Crippen molar-refractivity contribution in [1.29, 1.82) is 0 Å². The molecule has 2 heterocycles. The first-order valence-corrected chi connectivity index (χ1v) is 9.10. The zero-order valence-electron chi connectivity index (χ0n) is 13.2. The van der Waals surface area contributed by atoms with Crippen molar-refractivity contribution in [2.75, 3.05) is 33.4 Å². The first kappa shape index (κ1) is 17.0. The highest BCUT2D eigenvalue weighted by atomic mass is 32.2. The molecule has 1 saturated heterocycles. The summed E-state index contributed by atoms with van der Waals surface area (Å²) in [6.07, 6.45) is 4.01. The molecule has 0 aliphatic carbocycles. The lowest BCUT2D eigenvalue weighted by Gasteiger charge is -2.25. The molecule has 124 valence electrons. The van der Waals surface area contributed by atoms with Gasteiger partial charge in [0.15, 0.2) is 0 Å². The lowest BCUT2D eigenvalue weighted by molar-refractivity contribution is -0.124. The maximum absolute atomic E-state index is 12.3. The lowest BCUT2D eigenvalue weighted by atomic mass is 10.2. The molecule has 1 aromatic heterocycles. The number of hydrogen-bond acceptors (Lipinski definition) is 5. The normalized spacial score (nSPS) is 21.2. The molecule has 0 spiro atoms. The molecule has 0 unspecified atom stereocenters. The molecular weight excluding hydrogens is 306 g/mol. The molecule has 0 saturated carbocycles. The Morgan fingerprint density at radius 3 is 2.82 bits per heavy atom. The topological polar surface area (TPSA) is 82.9 Å². The largest absolute Gasteiger partial charge is 0.468 e. The van der Waals surface area contributed by atoms with Gasteiger partial charge in [0.2, 0.25) is 15.9 Å². The number of nitrogens with zero attached hydrogens (tertiary/aromatic N) is 2. The standard InChI is InChI=1S/C14H23N3O4S/c1-16(2)12(13-7-5-9-21-13)10-15-14(18)11-6-4-8-17(11)22(3,19)20/h5,7,9,11-12H,4,6,8,10H2,1-3H3,(H,15,18)/t11-,12-/m1/s1. The molecule has 2 rings (SSSR count). The summed E-state index contributed by atoms with van der Waals surface area (Å²) in [7, 11) is 0.450. The van der Waals surface area contributed by atoms with E-state index in [0.29, 0.717) is 25.9 Å². The number of rotatable bonds is 6. The summed E-state index contributed by atoms with van der Waals surface area (Å²) >= 11 is 0. The number of amides is 1. The number of hydrogen-bond donors (Lipinski definition) is 1. The van der Waals surface area contributed by atoms with Crippen molar-refractivity contribution in [2.45, 2.75) is 24.9 Å². The van der Waals surface area contributed by atoms with Gasteiger partial charge in [-0.1, -0.05) is 0 Å². The average Bonchev–Trinajstić information content (AvgIpc) is 3.08. The van der Waals surface area contributed by atoms with Crippen molar-refractivity contribution in [1.82, 2.24) is 14.5 Å². The van der Waals surface area contributed by atoms with Crippen molar-refractivity contribution < 1.29 is 17.6 Å². The summed E-state index contributed by atoms with van der Waals surface area (Å²) < 4.78 is 30.1. The molecule has 22 heavy (non-hydrogen) atoms. The quantitative estimate of drug-likeness (QED) is 0.818. The van der Waals surface area contributed by atoms with E-state index < -0.39 is 16.1 Å². The van der Waals surface area contributed by atoms with Crippen LogP contribution in [0.15, 0.2) is 22.8 Å². The fourth-order valence-electron chi connectivity index (χ4n) is 2.73. The third-order valence-corrected chi connectivity index (χ3v) is 5.19. The molecule has 0 aromatic carbocycles. The minimum absolute atomic E-state index is 0.0907.